The van der Waals surface area contributed by atoms with Crippen LogP contribution < -0.4 is 10.6 Å². The van der Waals surface area contributed by atoms with E-state index in [-0.39, 0.29) is 11.6 Å². The molecule has 0 saturated carbocycles. The van der Waals surface area contributed by atoms with E-state index in [1.54, 1.807) is 26.2 Å². The average Bonchev–Trinajstić information content (AvgIpc) is 3.10. The largest absolute Gasteiger partial charge is 0.385 e. The van der Waals surface area contributed by atoms with Crippen molar-refractivity contribution in [3.8, 4) is 11.4 Å². The van der Waals surface area contributed by atoms with Gasteiger partial charge in [0.2, 0.25) is 0 Å². The zero-order chi connectivity index (χ0) is 19.1. The van der Waals surface area contributed by atoms with Crippen LogP contribution in [0.25, 0.3) is 11.4 Å². The van der Waals surface area contributed by atoms with Crippen LogP contribution in [0.2, 0.25) is 0 Å². The first kappa shape index (κ1) is 18.5. The van der Waals surface area contributed by atoms with Crippen LogP contribution in [0.1, 0.15) is 22.7 Å². The van der Waals surface area contributed by atoms with Gasteiger partial charge in [-0.05, 0) is 13.3 Å². The summed E-state index contributed by atoms with van der Waals surface area (Å²) in [4.78, 5) is 21.4. The number of aryl methyl sites for hydroxylation is 1. The number of carbonyl (C=O) groups excluding carboxylic acids is 1. The Morgan fingerprint density at radius 2 is 1.96 bits per heavy atom. The Labute approximate surface area is 157 Å². The maximum atomic E-state index is 12.5. The molecule has 1 aromatic carbocycles. The third kappa shape index (κ3) is 5.11. The fraction of sp³-hybridized carbons (Fsp3) is 0.263. The third-order valence-electron chi connectivity index (χ3n) is 3.69. The van der Waals surface area contributed by atoms with E-state index in [0.29, 0.717) is 36.4 Å². The zero-order valence-corrected chi connectivity index (χ0v) is 15.2. The maximum Gasteiger partial charge on any atom is 0.270 e. The van der Waals surface area contributed by atoms with Crippen LogP contribution in [0.4, 0.5) is 11.6 Å². The lowest BCUT2D eigenvalue weighted by Crippen LogP contribution is -2.26. The third-order valence-corrected chi connectivity index (χ3v) is 3.69. The molecule has 0 aliphatic heterocycles. The van der Waals surface area contributed by atoms with E-state index in [1.165, 1.54) is 0 Å². The van der Waals surface area contributed by atoms with Gasteiger partial charge in [0, 0.05) is 38.0 Å². The first-order chi connectivity index (χ1) is 13.2. The molecule has 0 atom stereocenters. The van der Waals surface area contributed by atoms with Gasteiger partial charge in [-0.1, -0.05) is 35.5 Å². The molecule has 3 aromatic rings. The molecular weight excluding hydrogens is 346 g/mol. The summed E-state index contributed by atoms with van der Waals surface area (Å²) in [6, 6.07) is 12.8. The van der Waals surface area contributed by atoms with Gasteiger partial charge in [0.15, 0.2) is 11.6 Å². The van der Waals surface area contributed by atoms with Gasteiger partial charge in [0.1, 0.15) is 17.3 Å². The summed E-state index contributed by atoms with van der Waals surface area (Å²) in [5.41, 5.74) is 1.08. The van der Waals surface area contributed by atoms with Crippen LogP contribution in [-0.4, -0.2) is 41.3 Å². The van der Waals surface area contributed by atoms with Gasteiger partial charge < -0.3 is 19.9 Å². The molecule has 0 radical (unpaired) electrons. The molecule has 2 heterocycles. The fourth-order valence-electron chi connectivity index (χ4n) is 2.41. The maximum absolute atomic E-state index is 12.5. The minimum Gasteiger partial charge on any atom is -0.385 e. The molecule has 27 heavy (non-hydrogen) atoms. The molecule has 0 aliphatic carbocycles. The summed E-state index contributed by atoms with van der Waals surface area (Å²) in [5.74, 6) is 1.81. The van der Waals surface area contributed by atoms with Crippen molar-refractivity contribution in [1.82, 2.24) is 20.4 Å². The summed E-state index contributed by atoms with van der Waals surface area (Å²) in [7, 11) is 1.63. The minimum atomic E-state index is -0.273. The van der Waals surface area contributed by atoms with Gasteiger partial charge in [-0.25, -0.2) is 9.97 Å². The minimum absolute atomic E-state index is 0.268. The summed E-state index contributed by atoms with van der Waals surface area (Å²) >= 11 is 0. The number of nitrogens with one attached hydrogen (secondary N) is 2. The number of carbonyl (C=O) groups is 1. The summed E-state index contributed by atoms with van der Waals surface area (Å²) < 4.78 is 10.0. The number of anilines is 2. The Morgan fingerprint density at radius 3 is 2.67 bits per heavy atom. The first-order valence-corrected chi connectivity index (χ1v) is 8.57. The monoisotopic (exact) mass is 367 g/mol. The first-order valence-electron chi connectivity index (χ1n) is 8.57. The van der Waals surface area contributed by atoms with E-state index in [1.807, 2.05) is 30.3 Å². The van der Waals surface area contributed by atoms with Crippen LogP contribution in [0.15, 0.2) is 47.0 Å². The molecule has 0 saturated heterocycles. The van der Waals surface area contributed by atoms with Gasteiger partial charge in [-0.15, -0.1) is 0 Å². The molecule has 2 aromatic heterocycles. The van der Waals surface area contributed by atoms with Crippen molar-refractivity contribution in [2.24, 2.45) is 0 Å². The molecule has 8 heteroatoms. The van der Waals surface area contributed by atoms with E-state index in [2.05, 4.69) is 25.8 Å². The molecule has 1 amide bonds. The lowest BCUT2D eigenvalue weighted by atomic mass is 10.2. The lowest BCUT2D eigenvalue weighted by Gasteiger charge is -2.09. The predicted octanol–water partition coefficient (Wildman–Crippen LogP) is 2.95. The van der Waals surface area contributed by atoms with Gasteiger partial charge in [0.05, 0.1) is 0 Å². The molecule has 0 spiro atoms. The van der Waals surface area contributed by atoms with E-state index in [4.69, 9.17) is 9.26 Å². The van der Waals surface area contributed by atoms with E-state index >= 15 is 0 Å². The van der Waals surface area contributed by atoms with Gasteiger partial charge in [-0.2, -0.15) is 0 Å². The number of hydrogen-bond donors (Lipinski definition) is 2. The van der Waals surface area contributed by atoms with E-state index < -0.39 is 0 Å². The fourth-order valence-corrected chi connectivity index (χ4v) is 2.41. The van der Waals surface area contributed by atoms with E-state index in [0.717, 1.165) is 12.0 Å². The number of benzene rings is 1. The molecule has 2 N–H and O–H groups in total. The zero-order valence-electron chi connectivity index (χ0n) is 15.2. The highest BCUT2D eigenvalue weighted by molar-refractivity contribution is 5.93. The second-order valence-corrected chi connectivity index (χ2v) is 5.88. The Bertz CT molecular complexity index is 895. The molecule has 0 bridgehead atoms. The number of methoxy groups -OCH3 is 1. The van der Waals surface area contributed by atoms with Crippen LogP contribution in [0, 0.1) is 6.92 Å². The normalized spacial score (nSPS) is 10.6. The van der Waals surface area contributed by atoms with Crippen molar-refractivity contribution in [1.29, 1.82) is 0 Å². The molecular formula is C19H21N5O3. The molecule has 0 aliphatic rings. The number of ether oxygens (including phenoxy) is 1. The SMILES string of the molecule is COCCCNC(=O)c1cc(Nc2cc(C)on2)nc(-c2ccccc2)n1. The molecule has 0 fully saturated rings. The number of aromatic nitrogens is 3. The van der Waals surface area contributed by atoms with Crippen LogP contribution in [-0.2, 0) is 4.74 Å². The summed E-state index contributed by atoms with van der Waals surface area (Å²) in [5, 5.41) is 9.78. The van der Waals surface area contributed by atoms with Crippen LogP contribution in [0.3, 0.4) is 0 Å². The Morgan fingerprint density at radius 1 is 1.15 bits per heavy atom. The van der Waals surface area contributed by atoms with Crippen molar-refractivity contribution >= 4 is 17.5 Å². The lowest BCUT2D eigenvalue weighted by molar-refractivity contribution is 0.0943. The highest BCUT2D eigenvalue weighted by atomic mass is 16.5. The smallest absolute Gasteiger partial charge is 0.270 e. The Balaban J connectivity index is 1.87. The van der Waals surface area contributed by atoms with Crippen molar-refractivity contribution < 1.29 is 14.1 Å². The summed E-state index contributed by atoms with van der Waals surface area (Å²) in [6.45, 7) is 2.88. The van der Waals surface area contributed by atoms with E-state index in [9.17, 15) is 4.79 Å². The average molecular weight is 367 g/mol. The Kier molecular flexibility index (Phi) is 6.11. The number of nitrogens with zero attached hydrogens (tertiary/aromatic N) is 3. The van der Waals surface area contributed by atoms with Crippen molar-refractivity contribution in [2.75, 3.05) is 25.6 Å². The highest BCUT2D eigenvalue weighted by Gasteiger charge is 2.14. The standard InChI is InChI=1S/C19H21N5O3/c1-13-11-17(24-27-13)22-16-12-15(19(25)20-9-6-10-26-2)21-18(23-16)14-7-4-3-5-8-14/h3-5,7-8,11-12H,6,9-10H2,1-2H3,(H,20,25)(H,21,22,23,24). The summed E-state index contributed by atoms with van der Waals surface area (Å²) in [6.07, 6.45) is 0.724. The van der Waals surface area contributed by atoms with Gasteiger partial charge in [-0.3, -0.25) is 4.79 Å². The van der Waals surface area contributed by atoms with Crippen molar-refractivity contribution in [3.63, 3.8) is 0 Å². The molecule has 0 unspecified atom stereocenters. The number of amides is 1. The topological polar surface area (TPSA) is 102 Å². The van der Waals surface area contributed by atoms with Gasteiger partial charge in [0.25, 0.3) is 5.91 Å². The molecule has 140 valence electrons. The predicted molar refractivity (Wildman–Crippen MR) is 101 cm³/mol. The molecule has 3 rings (SSSR count). The second kappa shape index (κ2) is 8.91. The van der Waals surface area contributed by atoms with Gasteiger partial charge >= 0.3 is 0 Å². The molecule has 8 nitrogen and oxygen atoms in total. The van der Waals surface area contributed by atoms with Crippen LogP contribution in [0.5, 0.6) is 0 Å². The number of rotatable bonds is 8. The van der Waals surface area contributed by atoms with Crippen molar-refractivity contribution in [3.05, 3.63) is 53.9 Å². The van der Waals surface area contributed by atoms with Crippen molar-refractivity contribution in [2.45, 2.75) is 13.3 Å². The quantitative estimate of drug-likeness (QED) is 0.590. The second-order valence-electron chi connectivity index (χ2n) is 5.88. The van der Waals surface area contributed by atoms with Crippen LogP contribution >= 0.6 is 0 Å². The Hall–Kier alpha value is -3.26. The highest BCUT2D eigenvalue weighted by Crippen LogP contribution is 2.20. The number of hydrogen-bond acceptors (Lipinski definition) is 7.